The highest BCUT2D eigenvalue weighted by Crippen LogP contribution is 2.34. The molecule has 1 saturated carbocycles. The molecule has 1 saturated heterocycles. The molecule has 0 aromatic rings. The second-order valence-corrected chi connectivity index (χ2v) is 6.20. The third-order valence-corrected chi connectivity index (χ3v) is 4.80. The first-order chi connectivity index (χ1) is 8.73. The molecule has 0 radical (unpaired) electrons. The molecular weight excluding hydrogens is 224 g/mol. The molecule has 0 aromatic carbocycles. The van der Waals surface area contributed by atoms with Crippen molar-refractivity contribution in [2.45, 2.75) is 69.9 Å². The van der Waals surface area contributed by atoms with E-state index in [1.807, 2.05) is 0 Å². The molecule has 18 heavy (non-hydrogen) atoms. The maximum absolute atomic E-state index is 10.6. The van der Waals surface area contributed by atoms with E-state index in [4.69, 9.17) is 0 Å². The number of hydrogen-bond donors (Lipinski definition) is 2. The van der Waals surface area contributed by atoms with Crippen LogP contribution in [0.25, 0.3) is 0 Å². The zero-order valence-electron chi connectivity index (χ0n) is 12.0. The van der Waals surface area contributed by atoms with Crippen molar-refractivity contribution >= 4 is 0 Å². The van der Waals surface area contributed by atoms with Crippen LogP contribution in [0.15, 0.2) is 0 Å². The molecular formula is C15H30N2O. The molecule has 1 heterocycles. The summed E-state index contributed by atoms with van der Waals surface area (Å²) < 4.78 is 0. The summed E-state index contributed by atoms with van der Waals surface area (Å²) in [4.78, 5) is 2.63. The molecule has 1 aliphatic heterocycles. The van der Waals surface area contributed by atoms with Gasteiger partial charge < -0.3 is 10.4 Å². The molecule has 2 rings (SSSR count). The number of nitrogens with zero attached hydrogens (tertiary/aromatic N) is 1. The Hall–Kier alpha value is -0.120. The molecule has 3 nitrogen and oxygen atoms in total. The minimum atomic E-state index is -0.334. The minimum Gasteiger partial charge on any atom is -0.390 e. The van der Waals surface area contributed by atoms with E-state index in [1.165, 1.54) is 45.2 Å². The van der Waals surface area contributed by atoms with Gasteiger partial charge >= 0.3 is 0 Å². The lowest BCUT2D eigenvalue weighted by Crippen LogP contribution is -2.51. The van der Waals surface area contributed by atoms with Crippen LogP contribution >= 0.6 is 0 Å². The number of unbranched alkanes of at least 4 members (excludes halogenated alkanes) is 2. The molecule has 0 aromatic heterocycles. The standard InChI is InChI=1S/C15H30N2O/c1-2-3-4-7-15(18)8-5-14(6-9-15)17-12-10-16-11-13-17/h14,16,18H,2-13H2,1H3. The topological polar surface area (TPSA) is 35.5 Å². The molecule has 0 unspecified atom stereocenters. The molecule has 0 atom stereocenters. The van der Waals surface area contributed by atoms with Crippen molar-refractivity contribution in [1.29, 1.82) is 0 Å². The van der Waals surface area contributed by atoms with Crippen molar-refractivity contribution in [3.63, 3.8) is 0 Å². The van der Waals surface area contributed by atoms with Crippen molar-refractivity contribution in [1.82, 2.24) is 10.2 Å². The van der Waals surface area contributed by atoms with Gasteiger partial charge in [-0.3, -0.25) is 4.90 Å². The molecule has 0 spiro atoms. The van der Waals surface area contributed by atoms with Crippen LogP contribution in [-0.4, -0.2) is 47.8 Å². The van der Waals surface area contributed by atoms with Crippen LogP contribution in [0.2, 0.25) is 0 Å². The normalized spacial score (nSPS) is 34.7. The first kappa shape index (κ1) is 14.3. The first-order valence-electron chi connectivity index (χ1n) is 7.91. The summed E-state index contributed by atoms with van der Waals surface area (Å²) in [6.07, 6.45) is 9.17. The fraction of sp³-hybridized carbons (Fsp3) is 1.00. The van der Waals surface area contributed by atoms with Crippen molar-refractivity contribution in [3.05, 3.63) is 0 Å². The van der Waals surface area contributed by atoms with Gasteiger partial charge in [-0.25, -0.2) is 0 Å². The van der Waals surface area contributed by atoms with E-state index in [-0.39, 0.29) is 5.60 Å². The Balaban J connectivity index is 1.72. The number of aliphatic hydroxyl groups is 1. The van der Waals surface area contributed by atoms with Crippen LogP contribution < -0.4 is 5.32 Å². The zero-order chi connectivity index (χ0) is 12.8. The maximum Gasteiger partial charge on any atom is 0.0649 e. The predicted octanol–water partition coefficient (Wildman–Crippen LogP) is 2.15. The minimum absolute atomic E-state index is 0.334. The van der Waals surface area contributed by atoms with Crippen LogP contribution in [0.1, 0.15) is 58.3 Å². The number of rotatable bonds is 5. The van der Waals surface area contributed by atoms with Crippen molar-refractivity contribution < 1.29 is 5.11 Å². The van der Waals surface area contributed by atoms with Crippen molar-refractivity contribution in [2.24, 2.45) is 0 Å². The van der Waals surface area contributed by atoms with Crippen LogP contribution in [0.5, 0.6) is 0 Å². The quantitative estimate of drug-likeness (QED) is 0.738. The summed E-state index contributed by atoms with van der Waals surface area (Å²) in [5, 5.41) is 14.0. The number of hydrogen-bond acceptors (Lipinski definition) is 3. The van der Waals surface area contributed by atoms with E-state index >= 15 is 0 Å². The molecule has 2 fully saturated rings. The lowest BCUT2D eigenvalue weighted by Gasteiger charge is -2.42. The summed E-state index contributed by atoms with van der Waals surface area (Å²) >= 11 is 0. The van der Waals surface area contributed by atoms with E-state index in [1.54, 1.807) is 0 Å². The Bertz CT molecular complexity index is 231. The van der Waals surface area contributed by atoms with Gasteiger partial charge in [-0.2, -0.15) is 0 Å². The van der Waals surface area contributed by atoms with Gasteiger partial charge in [0.25, 0.3) is 0 Å². The summed E-state index contributed by atoms with van der Waals surface area (Å²) in [6, 6.07) is 0.735. The van der Waals surface area contributed by atoms with E-state index in [2.05, 4.69) is 17.1 Å². The SMILES string of the molecule is CCCCCC1(O)CCC(N2CCNCC2)CC1. The average molecular weight is 254 g/mol. The van der Waals surface area contributed by atoms with Crippen LogP contribution in [0, 0.1) is 0 Å². The third-order valence-electron chi connectivity index (χ3n) is 4.80. The van der Waals surface area contributed by atoms with Gasteiger partial charge in [0, 0.05) is 32.2 Å². The van der Waals surface area contributed by atoms with Gasteiger partial charge in [-0.1, -0.05) is 26.2 Å². The summed E-state index contributed by atoms with van der Waals surface area (Å²) in [5.74, 6) is 0. The summed E-state index contributed by atoms with van der Waals surface area (Å²) in [5.41, 5.74) is -0.334. The number of nitrogens with one attached hydrogen (secondary N) is 1. The fourth-order valence-electron chi connectivity index (χ4n) is 3.51. The monoisotopic (exact) mass is 254 g/mol. The Kier molecular flexibility index (Phi) is 5.46. The highest BCUT2D eigenvalue weighted by molar-refractivity contribution is 4.90. The lowest BCUT2D eigenvalue weighted by molar-refractivity contribution is -0.0296. The van der Waals surface area contributed by atoms with Gasteiger partial charge in [-0.05, 0) is 32.1 Å². The van der Waals surface area contributed by atoms with Crippen molar-refractivity contribution in [3.8, 4) is 0 Å². The molecule has 1 aliphatic carbocycles. The Morgan fingerprint density at radius 1 is 1.17 bits per heavy atom. The van der Waals surface area contributed by atoms with Gasteiger partial charge in [0.2, 0.25) is 0 Å². The highest BCUT2D eigenvalue weighted by atomic mass is 16.3. The van der Waals surface area contributed by atoms with Crippen LogP contribution in [0.4, 0.5) is 0 Å². The van der Waals surface area contributed by atoms with Crippen molar-refractivity contribution in [2.75, 3.05) is 26.2 Å². The van der Waals surface area contributed by atoms with E-state index in [9.17, 15) is 5.11 Å². The number of piperazine rings is 1. The van der Waals surface area contributed by atoms with E-state index in [0.29, 0.717) is 0 Å². The van der Waals surface area contributed by atoms with E-state index < -0.39 is 0 Å². The summed E-state index contributed by atoms with van der Waals surface area (Å²) in [6.45, 7) is 6.89. The first-order valence-corrected chi connectivity index (χ1v) is 7.91. The second kappa shape index (κ2) is 6.88. The second-order valence-electron chi connectivity index (χ2n) is 6.20. The largest absolute Gasteiger partial charge is 0.390 e. The average Bonchev–Trinajstić information content (AvgIpc) is 2.41. The highest BCUT2D eigenvalue weighted by Gasteiger charge is 2.34. The summed E-state index contributed by atoms with van der Waals surface area (Å²) in [7, 11) is 0. The van der Waals surface area contributed by atoms with Gasteiger partial charge in [0.15, 0.2) is 0 Å². The molecule has 2 aliphatic rings. The molecule has 106 valence electrons. The fourth-order valence-corrected chi connectivity index (χ4v) is 3.51. The predicted molar refractivity (Wildman–Crippen MR) is 75.8 cm³/mol. The molecule has 2 N–H and O–H groups in total. The van der Waals surface area contributed by atoms with Crippen LogP contribution in [0.3, 0.4) is 0 Å². The Morgan fingerprint density at radius 2 is 1.83 bits per heavy atom. The Labute approximate surface area is 112 Å². The van der Waals surface area contributed by atoms with E-state index in [0.717, 1.165) is 38.4 Å². The van der Waals surface area contributed by atoms with Gasteiger partial charge in [0.1, 0.15) is 0 Å². The zero-order valence-corrected chi connectivity index (χ0v) is 12.0. The molecule has 0 amide bonds. The van der Waals surface area contributed by atoms with Gasteiger partial charge in [-0.15, -0.1) is 0 Å². The maximum atomic E-state index is 10.6. The smallest absolute Gasteiger partial charge is 0.0649 e. The van der Waals surface area contributed by atoms with Gasteiger partial charge in [0.05, 0.1) is 5.60 Å². The molecule has 3 heteroatoms. The van der Waals surface area contributed by atoms with Crippen LogP contribution in [-0.2, 0) is 0 Å². The molecule has 0 bridgehead atoms. The Morgan fingerprint density at radius 3 is 2.44 bits per heavy atom. The third kappa shape index (κ3) is 3.94. The lowest BCUT2D eigenvalue weighted by atomic mass is 9.78.